The lowest BCUT2D eigenvalue weighted by molar-refractivity contribution is -0.116. The van der Waals surface area contributed by atoms with E-state index in [0.717, 1.165) is 0 Å². The molecule has 0 radical (unpaired) electrons. The van der Waals surface area contributed by atoms with Crippen molar-refractivity contribution < 1.29 is 19.1 Å². The van der Waals surface area contributed by atoms with Crippen LogP contribution in [-0.4, -0.2) is 16.8 Å². The van der Waals surface area contributed by atoms with Crippen molar-refractivity contribution in [1.82, 2.24) is 0 Å². The molecule has 21 heavy (non-hydrogen) atoms. The maximum Gasteiger partial charge on any atom is 0.228 e. The van der Waals surface area contributed by atoms with E-state index in [4.69, 9.17) is 9.52 Å². The number of rotatable bonds is 2. The first-order valence-electron chi connectivity index (χ1n) is 6.47. The van der Waals surface area contributed by atoms with Crippen molar-refractivity contribution >= 4 is 23.5 Å². The Bertz CT molecular complexity index is 757. The van der Waals surface area contributed by atoms with E-state index in [0.29, 0.717) is 22.8 Å². The third kappa shape index (κ3) is 2.17. The highest BCUT2D eigenvalue weighted by Crippen LogP contribution is 2.35. The van der Waals surface area contributed by atoms with E-state index < -0.39 is 0 Å². The number of nitrogens with zero attached hydrogens (tertiary/aromatic N) is 1. The number of anilines is 1. The molecule has 0 bridgehead atoms. The first-order chi connectivity index (χ1) is 10.1. The van der Waals surface area contributed by atoms with Gasteiger partial charge < -0.3 is 9.52 Å². The molecule has 1 aromatic carbocycles. The van der Waals surface area contributed by atoms with Crippen LogP contribution in [0.25, 0.3) is 6.08 Å². The number of aliphatic hydroxyl groups excluding tert-OH is 1. The normalized spacial score (nSPS) is 15.6. The Hall–Kier alpha value is -2.66. The van der Waals surface area contributed by atoms with Crippen LogP contribution in [0.5, 0.6) is 0 Å². The van der Waals surface area contributed by atoms with Crippen molar-refractivity contribution in [2.75, 3.05) is 4.90 Å². The van der Waals surface area contributed by atoms with Gasteiger partial charge in [-0.05, 0) is 24.3 Å². The first-order valence-corrected chi connectivity index (χ1v) is 6.47. The second-order valence-corrected chi connectivity index (χ2v) is 4.69. The summed E-state index contributed by atoms with van der Waals surface area (Å²) in [7, 11) is 0. The SMILES string of the molecule is CC(=O)N1/C(=C\c2ccc(CO)o2)C(=O)c2ccccc21. The zero-order valence-electron chi connectivity index (χ0n) is 11.4. The molecule has 106 valence electrons. The minimum absolute atomic E-state index is 0.215. The molecule has 0 atom stereocenters. The molecule has 0 saturated heterocycles. The minimum atomic E-state index is -0.242. The number of Topliss-reactive ketones (excluding diaryl/α,β-unsaturated/α-hetero) is 1. The maximum atomic E-state index is 12.4. The predicted octanol–water partition coefficient (Wildman–Crippen LogP) is 2.36. The summed E-state index contributed by atoms with van der Waals surface area (Å²) in [6.07, 6.45) is 1.52. The lowest BCUT2D eigenvalue weighted by atomic mass is 10.1. The molecule has 2 heterocycles. The van der Waals surface area contributed by atoms with Gasteiger partial charge in [0.2, 0.25) is 11.7 Å². The zero-order valence-corrected chi connectivity index (χ0v) is 11.4. The molecule has 0 saturated carbocycles. The van der Waals surface area contributed by atoms with Crippen molar-refractivity contribution in [1.29, 1.82) is 0 Å². The zero-order chi connectivity index (χ0) is 15.0. The lowest BCUT2D eigenvalue weighted by Crippen LogP contribution is -2.25. The summed E-state index contributed by atoms with van der Waals surface area (Å²) >= 11 is 0. The van der Waals surface area contributed by atoms with Gasteiger partial charge in [0.05, 0.1) is 5.69 Å². The van der Waals surface area contributed by atoms with Crippen molar-refractivity contribution in [3.8, 4) is 0 Å². The standard InChI is InChI=1S/C16H13NO4/c1-10(19)17-14-5-3-2-4-13(14)16(20)15(17)8-11-6-7-12(9-18)21-11/h2-8,18H,9H2,1H3/b15-8-. The number of aliphatic hydroxyl groups is 1. The Morgan fingerprint density at radius 3 is 2.71 bits per heavy atom. The Morgan fingerprint density at radius 1 is 1.29 bits per heavy atom. The Morgan fingerprint density at radius 2 is 2.05 bits per heavy atom. The Balaban J connectivity index is 2.09. The molecule has 5 heteroatoms. The molecule has 3 rings (SSSR count). The fourth-order valence-electron chi connectivity index (χ4n) is 2.39. The van der Waals surface area contributed by atoms with Gasteiger partial charge in [-0.1, -0.05) is 12.1 Å². The molecule has 1 aliphatic rings. The van der Waals surface area contributed by atoms with E-state index >= 15 is 0 Å². The van der Waals surface area contributed by atoms with Crippen LogP contribution < -0.4 is 4.90 Å². The highest BCUT2D eigenvalue weighted by atomic mass is 16.4. The number of carbonyl (C=O) groups excluding carboxylic acids is 2. The monoisotopic (exact) mass is 283 g/mol. The van der Waals surface area contributed by atoms with Gasteiger partial charge >= 0.3 is 0 Å². The van der Waals surface area contributed by atoms with Crippen LogP contribution in [0.3, 0.4) is 0 Å². The predicted molar refractivity (Wildman–Crippen MR) is 76.5 cm³/mol. The minimum Gasteiger partial charge on any atom is -0.459 e. The number of para-hydroxylation sites is 1. The van der Waals surface area contributed by atoms with Gasteiger partial charge in [-0.15, -0.1) is 0 Å². The Labute approximate surface area is 121 Å². The average molecular weight is 283 g/mol. The van der Waals surface area contributed by atoms with Gasteiger partial charge in [0, 0.05) is 18.6 Å². The second-order valence-electron chi connectivity index (χ2n) is 4.69. The molecule has 1 aliphatic heterocycles. The van der Waals surface area contributed by atoms with E-state index in [1.165, 1.54) is 17.9 Å². The van der Waals surface area contributed by atoms with Crippen LogP contribution >= 0.6 is 0 Å². The van der Waals surface area contributed by atoms with E-state index in [1.807, 2.05) is 0 Å². The topological polar surface area (TPSA) is 70.8 Å². The van der Waals surface area contributed by atoms with Crippen LogP contribution in [-0.2, 0) is 11.4 Å². The van der Waals surface area contributed by atoms with E-state index in [9.17, 15) is 9.59 Å². The summed E-state index contributed by atoms with van der Waals surface area (Å²) in [5.41, 5.74) is 1.32. The quantitative estimate of drug-likeness (QED) is 0.859. The number of allylic oxidation sites excluding steroid dienone is 1. The van der Waals surface area contributed by atoms with E-state index in [1.54, 1.807) is 36.4 Å². The summed E-state index contributed by atoms with van der Waals surface area (Å²) in [5, 5.41) is 9.00. The van der Waals surface area contributed by atoms with Crippen molar-refractivity contribution in [3.63, 3.8) is 0 Å². The van der Waals surface area contributed by atoms with Crippen LogP contribution in [0.2, 0.25) is 0 Å². The molecule has 0 aliphatic carbocycles. The number of furan rings is 1. The summed E-state index contributed by atoms with van der Waals surface area (Å²) in [4.78, 5) is 25.7. The van der Waals surface area contributed by atoms with Crippen LogP contribution in [0.1, 0.15) is 28.8 Å². The second kappa shape index (κ2) is 5.03. The first kappa shape index (κ1) is 13.3. The average Bonchev–Trinajstić information content (AvgIpc) is 3.03. The molecular weight excluding hydrogens is 270 g/mol. The van der Waals surface area contributed by atoms with Gasteiger partial charge in [-0.3, -0.25) is 14.5 Å². The molecule has 1 aromatic heterocycles. The van der Waals surface area contributed by atoms with Gasteiger partial charge in [0.1, 0.15) is 23.8 Å². The van der Waals surface area contributed by atoms with Crippen molar-refractivity contribution in [2.45, 2.75) is 13.5 Å². The maximum absolute atomic E-state index is 12.4. The van der Waals surface area contributed by atoms with E-state index in [2.05, 4.69) is 0 Å². The Kier molecular flexibility index (Phi) is 3.19. The summed E-state index contributed by atoms with van der Waals surface area (Å²) in [5.74, 6) is 0.358. The van der Waals surface area contributed by atoms with Gasteiger partial charge in [-0.25, -0.2) is 0 Å². The molecule has 0 unspecified atom stereocenters. The molecule has 0 fully saturated rings. The summed E-state index contributed by atoms with van der Waals surface area (Å²) < 4.78 is 5.35. The third-order valence-electron chi connectivity index (χ3n) is 3.30. The van der Waals surface area contributed by atoms with Crippen LogP contribution in [0.4, 0.5) is 5.69 Å². The number of carbonyl (C=O) groups is 2. The van der Waals surface area contributed by atoms with E-state index in [-0.39, 0.29) is 24.0 Å². The van der Waals surface area contributed by atoms with Gasteiger partial charge in [0.25, 0.3) is 0 Å². The highest BCUT2D eigenvalue weighted by Gasteiger charge is 2.34. The smallest absolute Gasteiger partial charge is 0.228 e. The number of hydrogen-bond acceptors (Lipinski definition) is 4. The van der Waals surface area contributed by atoms with Gasteiger partial charge in [-0.2, -0.15) is 0 Å². The fourth-order valence-corrected chi connectivity index (χ4v) is 2.39. The summed E-state index contributed by atoms with van der Waals surface area (Å²) in [6, 6.07) is 10.2. The molecular formula is C16H13NO4. The fraction of sp³-hybridized carbons (Fsp3) is 0.125. The number of amides is 1. The lowest BCUT2D eigenvalue weighted by Gasteiger charge is -2.15. The third-order valence-corrected chi connectivity index (χ3v) is 3.30. The molecule has 1 N–H and O–H groups in total. The molecule has 0 spiro atoms. The number of benzene rings is 1. The number of ketones is 1. The largest absolute Gasteiger partial charge is 0.459 e. The number of fused-ring (bicyclic) bond motifs is 1. The van der Waals surface area contributed by atoms with Crippen molar-refractivity contribution in [3.05, 3.63) is 59.2 Å². The molecule has 5 nitrogen and oxygen atoms in total. The van der Waals surface area contributed by atoms with Crippen molar-refractivity contribution in [2.24, 2.45) is 0 Å². The van der Waals surface area contributed by atoms with Gasteiger partial charge in [0.15, 0.2) is 0 Å². The van der Waals surface area contributed by atoms with Crippen LogP contribution in [0, 0.1) is 0 Å². The number of hydrogen-bond donors (Lipinski definition) is 1. The highest BCUT2D eigenvalue weighted by molar-refractivity contribution is 6.26. The summed E-state index contributed by atoms with van der Waals surface area (Å²) in [6.45, 7) is 1.19. The molecule has 2 aromatic rings. The van der Waals surface area contributed by atoms with Crippen LogP contribution in [0.15, 0.2) is 46.5 Å². The molecule has 1 amide bonds.